The van der Waals surface area contributed by atoms with E-state index >= 15 is 0 Å². The molecule has 11 heteroatoms. The summed E-state index contributed by atoms with van der Waals surface area (Å²) >= 11 is 5.95. The van der Waals surface area contributed by atoms with Gasteiger partial charge in [-0.05, 0) is 31.0 Å². The zero-order valence-corrected chi connectivity index (χ0v) is 17.0. The van der Waals surface area contributed by atoms with Gasteiger partial charge in [-0.1, -0.05) is 11.6 Å². The summed E-state index contributed by atoms with van der Waals surface area (Å²) in [4.78, 5) is 24.9. The van der Waals surface area contributed by atoms with Crippen LogP contribution in [0, 0.1) is 0 Å². The number of hydrogen-bond acceptors (Lipinski definition) is 6. The predicted molar refractivity (Wildman–Crippen MR) is 106 cm³/mol. The van der Waals surface area contributed by atoms with Gasteiger partial charge in [0.1, 0.15) is 17.0 Å². The van der Waals surface area contributed by atoms with Gasteiger partial charge in [0.15, 0.2) is 0 Å². The molecule has 0 saturated carbocycles. The molecule has 1 fully saturated rings. The van der Waals surface area contributed by atoms with Crippen molar-refractivity contribution in [3.8, 4) is 0 Å². The minimum atomic E-state index is -4.54. The van der Waals surface area contributed by atoms with E-state index in [-0.39, 0.29) is 31.5 Å². The Morgan fingerprint density at radius 2 is 2.10 bits per heavy atom. The van der Waals surface area contributed by atoms with Gasteiger partial charge in [0.05, 0.1) is 19.3 Å². The molecule has 4 heterocycles. The maximum Gasteiger partial charge on any atom is 0.409 e. The Hall–Kier alpha value is -2.33. The zero-order valence-electron chi connectivity index (χ0n) is 16.3. The van der Waals surface area contributed by atoms with Gasteiger partial charge in [-0.15, -0.1) is 0 Å². The number of ether oxygens (including phenoxy) is 1. The predicted octanol–water partition coefficient (Wildman–Crippen LogP) is 3.03. The lowest BCUT2D eigenvalue weighted by Crippen LogP contribution is -2.48. The first-order valence-corrected chi connectivity index (χ1v) is 10.0. The molecule has 0 aliphatic carbocycles. The van der Waals surface area contributed by atoms with Crippen LogP contribution < -0.4 is 15.4 Å². The van der Waals surface area contributed by atoms with Crippen LogP contribution in [0.1, 0.15) is 24.9 Å². The lowest BCUT2D eigenvalue weighted by molar-refractivity contribution is -0.171. The molecule has 30 heavy (non-hydrogen) atoms. The maximum atomic E-state index is 13.7. The van der Waals surface area contributed by atoms with Crippen LogP contribution in [-0.4, -0.2) is 53.1 Å². The number of aromatic nitrogens is 3. The minimum absolute atomic E-state index is 0.0118. The highest BCUT2D eigenvalue weighted by molar-refractivity contribution is 6.29. The van der Waals surface area contributed by atoms with Crippen LogP contribution in [0.5, 0.6) is 0 Å². The Morgan fingerprint density at radius 3 is 2.80 bits per heavy atom. The van der Waals surface area contributed by atoms with Crippen molar-refractivity contribution in [3.63, 3.8) is 0 Å². The fraction of sp³-hybridized carbons (Fsp3) is 0.526. The average molecular weight is 444 g/mol. The van der Waals surface area contributed by atoms with Crippen LogP contribution in [0.4, 0.5) is 24.9 Å². The third-order valence-corrected chi connectivity index (χ3v) is 5.60. The highest BCUT2D eigenvalue weighted by Crippen LogP contribution is 2.38. The van der Waals surface area contributed by atoms with Crippen molar-refractivity contribution in [3.05, 3.63) is 45.5 Å². The summed E-state index contributed by atoms with van der Waals surface area (Å²) in [5.41, 5.74) is 0.0554. The molecule has 0 bridgehead atoms. The van der Waals surface area contributed by atoms with E-state index in [2.05, 4.69) is 9.97 Å². The molecule has 0 aromatic carbocycles. The topological polar surface area (TPSA) is 63.5 Å². The van der Waals surface area contributed by atoms with E-state index < -0.39 is 17.8 Å². The van der Waals surface area contributed by atoms with E-state index in [1.807, 2.05) is 11.8 Å². The number of alkyl halides is 3. The summed E-state index contributed by atoms with van der Waals surface area (Å²) in [6, 6.07) is 2.63. The van der Waals surface area contributed by atoms with Gasteiger partial charge in [-0.25, -0.2) is 4.98 Å². The Kier molecular flexibility index (Phi) is 5.63. The first-order valence-electron chi connectivity index (χ1n) is 9.64. The van der Waals surface area contributed by atoms with Crippen molar-refractivity contribution < 1.29 is 17.9 Å². The Balaban J connectivity index is 1.78. The fourth-order valence-corrected chi connectivity index (χ4v) is 4.12. The summed E-state index contributed by atoms with van der Waals surface area (Å²) in [6.45, 7) is 3.74. The molecule has 2 aliphatic rings. The molecule has 2 atom stereocenters. The zero-order chi connectivity index (χ0) is 21.5. The van der Waals surface area contributed by atoms with Gasteiger partial charge in [0.25, 0.3) is 5.56 Å². The third kappa shape index (κ3) is 4.11. The first-order chi connectivity index (χ1) is 14.2. The van der Waals surface area contributed by atoms with Crippen LogP contribution in [0.25, 0.3) is 0 Å². The monoisotopic (exact) mass is 443 g/mol. The Labute approximate surface area is 176 Å². The van der Waals surface area contributed by atoms with Gasteiger partial charge in [-0.2, -0.15) is 18.2 Å². The number of pyridine rings is 1. The van der Waals surface area contributed by atoms with E-state index in [1.165, 1.54) is 12.3 Å². The van der Waals surface area contributed by atoms with Crippen molar-refractivity contribution in [1.82, 2.24) is 14.5 Å². The number of rotatable bonds is 3. The third-order valence-electron chi connectivity index (χ3n) is 5.39. The summed E-state index contributed by atoms with van der Waals surface area (Å²) in [5.74, 6) is 0.375. The first kappa shape index (κ1) is 20.9. The number of nitrogens with zero attached hydrogens (tertiary/aromatic N) is 5. The summed E-state index contributed by atoms with van der Waals surface area (Å²) in [5, 5.41) is 0.291. The van der Waals surface area contributed by atoms with Gasteiger partial charge < -0.3 is 14.5 Å². The number of hydrogen-bond donors (Lipinski definition) is 0. The Morgan fingerprint density at radius 1 is 1.30 bits per heavy atom. The summed E-state index contributed by atoms with van der Waals surface area (Å²) < 4.78 is 47.2. The molecule has 0 radical (unpaired) electrons. The van der Waals surface area contributed by atoms with Gasteiger partial charge in [0, 0.05) is 31.9 Å². The molecule has 7 nitrogen and oxygen atoms in total. The lowest BCUT2D eigenvalue weighted by Gasteiger charge is -2.39. The van der Waals surface area contributed by atoms with Crippen LogP contribution >= 0.6 is 11.6 Å². The fourth-order valence-electron chi connectivity index (χ4n) is 3.93. The minimum Gasteiger partial charge on any atom is -0.377 e. The number of anilines is 2. The molecule has 0 amide bonds. The van der Waals surface area contributed by atoms with E-state index in [9.17, 15) is 18.0 Å². The molecule has 0 unspecified atom stereocenters. The molecular formula is C19H21ClF3N5O2. The van der Waals surface area contributed by atoms with Crippen LogP contribution in [0.15, 0.2) is 29.2 Å². The normalized spacial score (nSPS) is 22.2. The molecule has 0 spiro atoms. The van der Waals surface area contributed by atoms with Crippen LogP contribution in [0.2, 0.25) is 5.15 Å². The summed E-state index contributed by atoms with van der Waals surface area (Å²) in [6.07, 6.45) is -3.24. The second-order valence-corrected chi connectivity index (χ2v) is 7.88. The highest BCUT2D eigenvalue weighted by atomic mass is 35.5. The van der Waals surface area contributed by atoms with Crippen LogP contribution in [-0.2, 0) is 11.3 Å². The van der Waals surface area contributed by atoms with Gasteiger partial charge in [-0.3, -0.25) is 9.36 Å². The van der Waals surface area contributed by atoms with Gasteiger partial charge >= 0.3 is 6.18 Å². The standard InChI is InChI=1S/C19H21ClF3N5O2/c1-12-11-30-7-6-27(12)16-9-17(29)28-14(19(21,22)23)3-5-26(18(28)25-16)10-13-2-4-24-15(20)8-13/h2,4,8-9,12,14H,3,5-7,10-11H2,1H3/t12-,14-/m1/s1. The van der Waals surface area contributed by atoms with Gasteiger partial charge in [0.2, 0.25) is 5.95 Å². The number of fused-ring (bicyclic) bond motifs is 1. The second kappa shape index (κ2) is 8.07. The quantitative estimate of drug-likeness (QED) is 0.679. The van der Waals surface area contributed by atoms with Crippen molar-refractivity contribution in [2.45, 2.75) is 38.1 Å². The molecule has 0 N–H and O–H groups in total. The Bertz CT molecular complexity index is 983. The molecule has 162 valence electrons. The van der Waals surface area contributed by atoms with Crippen LogP contribution in [0.3, 0.4) is 0 Å². The van der Waals surface area contributed by atoms with E-state index in [1.54, 1.807) is 17.0 Å². The number of halogens is 4. The molecule has 2 aromatic heterocycles. The van der Waals surface area contributed by atoms with Crippen molar-refractivity contribution >= 4 is 23.4 Å². The molecule has 2 aromatic rings. The number of morpholine rings is 1. The van der Waals surface area contributed by atoms with Crippen molar-refractivity contribution in [2.24, 2.45) is 0 Å². The SMILES string of the molecule is C[C@@H]1COCCN1c1cc(=O)n2c(n1)N(Cc1ccnc(Cl)c1)CC[C@@H]2C(F)(F)F. The largest absolute Gasteiger partial charge is 0.409 e. The average Bonchev–Trinajstić information content (AvgIpc) is 2.68. The summed E-state index contributed by atoms with van der Waals surface area (Å²) in [7, 11) is 0. The lowest BCUT2D eigenvalue weighted by atomic mass is 10.1. The van der Waals surface area contributed by atoms with Crippen molar-refractivity contribution in [1.29, 1.82) is 0 Å². The molecule has 1 saturated heterocycles. The maximum absolute atomic E-state index is 13.7. The second-order valence-electron chi connectivity index (χ2n) is 7.49. The van der Waals surface area contributed by atoms with E-state index in [4.69, 9.17) is 16.3 Å². The highest BCUT2D eigenvalue weighted by Gasteiger charge is 2.45. The van der Waals surface area contributed by atoms with E-state index in [0.29, 0.717) is 30.7 Å². The smallest absolute Gasteiger partial charge is 0.377 e. The van der Waals surface area contributed by atoms with E-state index in [0.717, 1.165) is 10.1 Å². The molecule has 4 rings (SSSR count). The van der Waals surface area contributed by atoms with Crippen molar-refractivity contribution in [2.75, 3.05) is 36.1 Å². The molecular weight excluding hydrogens is 423 g/mol. The molecule has 2 aliphatic heterocycles.